The van der Waals surface area contributed by atoms with Crippen molar-refractivity contribution in [3.8, 4) is 0 Å². The first-order valence-electron chi connectivity index (χ1n) is 4.67. The van der Waals surface area contributed by atoms with Gasteiger partial charge in [0, 0.05) is 5.92 Å². The van der Waals surface area contributed by atoms with Gasteiger partial charge in [0.25, 0.3) is 0 Å². The van der Waals surface area contributed by atoms with E-state index in [1.165, 1.54) is 12.8 Å². The van der Waals surface area contributed by atoms with Crippen LogP contribution in [0, 0.1) is 17.8 Å². The maximum atomic E-state index is 2.38. The van der Waals surface area contributed by atoms with Crippen LogP contribution < -0.4 is 0 Å². The lowest BCUT2D eigenvalue weighted by Crippen LogP contribution is -2.21. The summed E-state index contributed by atoms with van der Waals surface area (Å²) < 4.78 is 0. The summed E-state index contributed by atoms with van der Waals surface area (Å²) in [7, 11) is 0. The van der Waals surface area contributed by atoms with Gasteiger partial charge in [-0.15, -0.1) is 0 Å². The van der Waals surface area contributed by atoms with Gasteiger partial charge in [0.1, 0.15) is 0 Å². The van der Waals surface area contributed by atoms with Crippen molar-refractivity contribution < 1.29 is 0 Å². The number of allylic oxidation sites excluding steroid dienone is 4. The molecule has 60 valence electrons. The van der Waals surface area contributed by atoms with Gasteiger partial charge in [0.15, 0.2) is 0 Å². The largest absolute Gasteiger partial charge is 0.0771 e. The zero-order chi connectivity index (χ0) is 7.84. The van der Waals surface area contributed by atoms with E-state index in [1.54, 1.807) is 5.57 Å². The molecule has 0 radical (unpaired) electrons. The summed E-state index contributed by atoms with van der Waals surface area (Å²) in [5, 5.41) is 0. The van der Waals surface area contributed by atoms with E-state index in [2.05, 4.69) is 32.1 Å². The van der Waals surface area contributed by atoms with E-state index in [0.717, 1.165) is 17.8 Å². The molecule has 0 N–H and O–H groups in total. The third kappa shape index (κ3) is 1.05. The van der Waals surface area contributed by atoms with E-state index >= 15 is 0 Å². The maximum Gasteiger partial charge on any atom is 0.00113 e. The van der Waals surface area contributed by atoms with E-state index in [4.69, 9.17) is 0 Å². The highest BCUT2D eigenvalue weighted by Gasteiger charge is 2.29. The lowest BCUT2D eigenvalue weighted by atomic mass is 9.73. The summed E-state index contributed by atoms with van der Waals surface area (Å²) in [6.07, 6.45) is 9.73. The van der Waals surface area contributed by atoms with Crippen LogP contribution in [0.4, 0.5) is 0 Å². The van der Waals surface area contributed by atoms with Crippen molar-refractivity contribution in [3.05, 3.63) is 23.8 Å². The smallest absolute Gasteiger partial charge is 0.00113 e. The second-order valence-corrected chi connectivity index (χ2v) is 4.03. The Balaban J connectivity index is 2.23. The summed E-state index contributed by atoms with van der Waals surface area (Å²) in [4.78, 5) is 0. The molecule has 0 spiro atoms. The summed E-state index contributed by atoms with van der Waals surface area (Å²) >= 11 is 0. The summed E-state index contributed by atoms with van der Waals surface area (Å²) in [6.45, 7) is 4.73. The molecule has 1 fully saturated rings. The van der Waals surface area contributed by atoms with Gasteiger partial charge in [-0.05, 0) is 24.7 Å². The Kier molecular flexibility index (Phi) is 1.63. The van der Waals surface area contributed by atoms with Crippen molar-refractivity contribution in [3.63, 3.8) is 0 Å². The standard InChI is InChI=1S/C11H16/c1-8-6-7-9(2)11-5-3-4-10(8)11/h3-5,8-10H,6-7H2,1-2H3. The molecule has 3 atom stereocenters. The Morgan fingerprint density at radius 2 is 2.09 bits per heavy atom. The van der Waals surface area contributed by atoms with Crippen molar-refractivity contribution in [2.45, 2.75) is 26.7 Å². The number of rotatable bonds is 0. The third-order valence-electron chi connectivity index (χ3n) is 3.23. The molecule has 0 amide bonds. The first-order chi connectivity index (χ1) is 5.29. The summed E-state index contributed by atoms with van der Waals surface area (Å²) in [6, 6.07) is 0. The molecule has 0 heterocycles. The molecular weight excluding hydrogens is 132 g/mol. The van der Waals surface area contributed by atoms with Gasteiger partial charge in [0.05, 0.1) is 0 Å². The minimum absolute atomic E-state index is 0.791. The molecule has 0 nitrogen and oxygen atoms in total. The minimum atomic E-state index is 0.791. The van der Waals surface area contributed by atoms with Crippen LogP contribution in [-0.2, 0) is 0 Å². The quantitative estimate of drug-likeness (QED) is 0.495. The first-order valence-corrected chi connectivity index (χ1v) is 4.67. The maximum absolute atomic E-state index is 2.38. The Hall–Kier alpha value is -0.520. The third-order valence-corrected chi connectivity index (χ3v) is 3.23. The normalized spacial score (nSPS) is 42.0. The van der Waals surface area contributed by atoms with Crippen LogP contribution in [0.2, 0.25) is 0 Å². The average Bonchev–Trinajstić information content (AvgIpc) is 2.45. The molecule has 0 aromatic heterocycles. The van der Waals surface area contributed by atoms with Crippen LogP contribution >= 0.6 is 0 Å². The molecule has 0 bridgehead atoms. The molecule has 2 aliphatic rings. The van der Waals surface area contributed by atoms with Crippen LogP contribution in [0.3, 0.4) is 0 Å². The fourth-order valence-corrected chi connectivity index (χ4v) is 2.38. The van der Waals surface area contributed by atoms with Crippen LogP contribution in [0.15, 0.2) is 23.8 Å². The highest BCUT2D eigenvalue weighted by molar-refractivity contribution is 5.31. The predicted octanol–water partition coefficient (Wildman–Crippen LogP) is 3.16. The monoisotopic (exact) mass is 148 g/mol. The van der Waals surface area contributed by atoms with Gasteiger partial charge < -0.3 is 0 Å². The number of fused-ring (bicyclic) bond motifs is 1. The molecule has 0 saturated heterocycles. The molecule has 0 aromatic rings. The van der Waals surface area contributed by atoms with E-state index in [0.29, 0.717) is 0 Å². The summed E-state index contributed by atoms with van der Waals surface area (Å²) in [5.41, 5.74) is 1.68. The lowest BCUT2D eigenvalue weighted by molar-refractivity contribution is 0.330. The highest BCUT2D eigenvalue weighted by atomic mass is 14.3. The number of hydrogen-bond acceptors (Lipinski definition) is 0. The second-order valence-electron chi connectivity index (χ2n) is 4.03. The number of hydrogen-bond donors (Lipinski definition) is 0. The van der Waals surface area contributed by atoms with Gasteiger partial charge in [-0.25, -0.2) is 0 Å². The molecular formula is C11H16. The predicted molar refractivity (Wildman–Crippen MR) is 48.3 cm³/mol. The minimum Gasteiger partial charge on any atom is -0.0771 e. The van der Waals surface area contributed by atoms with Gasteiger partial charge in [-0.3, -0.25) is 0 Å². The Labute approximate surface area is 69.0 Å². The average molecular weight is 148 g/mol. The molecule has 0 aromatic carbocycles. The Morgan fingerprint density at radius 3 is 2.82 bits per heavy atom. The fourth-order valence-electron chi connectivity index (χ4n) is 2.38. The highest BCUT2D eigenvalue weighted by Crippen LogP contribution is 2.41. The van der Waals surface area contributed by atoms with Crippen molar-refractivity contribution in [1.29, 1.82) is 0 Å². The van der Waals surface area contributed by atoms with E-state index in [1.807, 2.05) is 0 Å². The topological polar surface area (TPSA) is 0 Å². The van der Waals surface area contributed by atoms with Crippen LogP contribution in [-0.4, -0.2) is 0 Å². The van der Waals surface area contributed by atoms with Crippen molar-refractivity contribution >= 4 is 0 Å². The van der Waals surface area contributed by atoms with Gasteiger partial charge >= 0.3 is 0 Å². The Morgan fingerprint density at radius 1 is 1.27 bits per heavy atom. The van der Waals surface area contributed by atoms with Crippen LogP contribution in [0.1, 0.15) is 26.7 Å². The van der Waals surface area contributed by atoms with E-state index < -0.39 is 0 Å². The first kappa shape index (κ1) is 7.15. The van der Waals surface area contributed by atoms with Crippen LogP contribution in [0.5, 0.6) is 0 Å². The fraction of sp³-hybridized carbons (Fsp3) is 0.636. The van der Waals surface area contributed by atoms with E-state index in [-0.39, 0.29) is 0 Å². The van der Waals surface area contributed by atoms with Crippen molar-refractivity contribution in [2.24, 2.45) is 17.8 Å². The Bertz CT molecular complexity index is 210. The SMILES string of the molecule is CC1CCC(C)C2C=CC=C12. The molecule has 0 heteroatoms. The second kappa shape index (κ2) is 2.51. The molecule has 1 saturated carbocycles. The molecule has 2 rings (SSSR count). The van der Waals surface area contributed by atoms with Gasteiger partial charge in [-0.1, -0.05) is 37.6 Å². The molecule has 2 aliphatic carbocycles. The van der Waals surface area contributed by atoms with Crippen molar-refractivity contribution in [1.82, 2.24) is 0 Å². The van der Waals surface area contributed by atoms with Gasteiger partial charge in [0.2, 0.25) is 0 Å². The molecule has 3 unspecified atom stereocenters. The zero-order valence-electron chi connectivity index (χ0n) is 7.38. The van der Waals surface area contributed by atoms with Crippen LogP contribution in [0.25, 0.3) is 0 Å². The van der Waals surface area contributed by atoms with E-state index in [9.17, 15) is 0 Å². The molecule has 11 heavy (non-hydrogen) atoms. The van der Waals surface area contributed by atoms with Gasteiger partial charge in [-0.2, -0.15) is 0 Å². The summed E-state index contributed by atoms with van der Waals surface area (Å²) in [5.74, 6) is 2.51. The zero-order valence-corrected chi connectivity index (χ0v) is 7.38. The molecule has 0 aliphatic heterocycles. The lowest BCUT2D eigenvalue weighted by Gasteiger charge is -2.31. The van der Waals surface area contributed by atoms with Crippen molar-refractivity contribution in [2.75, 3.05) is 0 Å².